The summed E-state index contributed by atoms with van der Waals surface area (Å²) < 4.78 is 13.8. The second-order valence-electron chi connectivity index (χ2n) is 4.27. The van der Waals surface area contributed by atoms with Gasteiger partial charge in [0, 0.05) is 17.7 Å². The first-order valence-electron chi connectivity index (χ1n) is 5.69. The lowest BCUT2D eigenvalue weighted by Gasteiger charge is -2.15. The molecular formula is C12H16FN3O. The molecule has 1 saturated heterocycles. The van der Waals surface area contributed by atoms with Crippen molar-refractivity contribution in [2.75, 3.05) is 13.1 Å². The van der Waals surface area contributed by atoms with Crippen molar-refractivity contribution in [2.24, 2.45) is 10.9 Å². The van der Waals surface area contributed by atoms with Crippen LogP contribution in [-0.2, 0) is 6.54 Å². The summed E-state index contributed by atoms with van der Waals surface area (Å²) in [5.41, 5.74) is 6.45. The van der Waals surface area contributed by atoms with E-state index in [1.807, 2.05) is 0 Å². The molecule has 0 radical (unpaired) electrons. The van der Waals surface area contributed by atoms with Crippen molar-refractivity contribution in [1.29, 1.82) is 0 Å². The molecule has 4 nitrogen and oxygen atoms in total. The van der Waals surface area contributed by atoms with Crippen LogP contribution in [0.3, 0.4) is 0 Å². The molecule has 0 aromatic heterocycles. The molecule has 0 atom stereocenters. The van der Waals surface area contributed by atoms with Gasteiger partial charge in [0.15, 0.2) is 5.84 Å². The van der Waals surface area contributed by atoms with E-state index in [-0.39, 0.29) is 11.7 Å². The number of benzene rings is 1. The first-order chi connectivity index (χ1) is 8.20. The summed E-state index contributed by atoms with van der Waals surface area (Å²) in [5.74, 6) is -0.377. The molecule has 5 heteroatoms. The average molecular weight is 237 g/mol. The van der Waals surface area contributed by atoms with Crippen LogP contribution in [0.5, 0.6) is 0 Å². The van der Waals surface area contributed by atoms with Crippen LogP contribution >= 0.6 is 0 Å². The maximum absolute atomic E-state index is 13.8. The van der Waals surface area contributed by atoms with Crippen molar-refractivity contribution in [3.05, 3.63) is 35.1 Å². The number of nitrogens with zero attached hydrogens (tertiary/aromatic N) is 2. The van der Waals surface area contributed by atoms with Gasteiger partial charge in [-0.3, -0.25) is 4.90 Å². The third-order valence-electron chi connectivity index (χ3n) is 3.05. The normalized spacial score (nSPS) is 17.6. The molecule has 1 aliphatic rings. The fraction of sp³-hybridized carbons (Fsp3) is 0.417. The fourth-order valence-corrected chi connectivity index (χ4v) is 2.07. The van der Waals surface area contributed by atoms with Gasteiger partial charge in [-0.05, 0) is 32.0 Å². The molecule has 0 amide bonds. The molecule has 0 saturated carbocycles. The number of hydrogen-bond donors (Lipinski definition) is 2. The highest BCUT2D eigenvalue weighted by atomic mass is 19.1. The minimum atomic E-state index is -0.305. The lowest BCUT2D eigenvalue weighted by Crippen LogP contribution is -2.20. The SMILES string of the molecule is N/C(=N\O)c1ccc(CN2CCCC2)c(F)c1. The molecule has 1 heterocycles. The number of oxime groups is 1. The Balaban J connectivity index is 2.13. The molecule has 1 fully saturated rings. The fourth-order valence-electron chi connectivity index (χ4n) is 2.07. The summed E-state index contributed by atoms with van der Waals surface area (Å²) in [6.45, 7) is 2.69. The quantitative estimate of drug-likeness (QED) is 0.362. The van der Waals surface area contributed by atoms with Crippen molar-refractivity contribution in [2.45, 2.75) is 19.4 Å². The van der Waals surface area contributed by atoms with Gasteiger partial charge in [-0.15, -0.1) is 0 Å². The van der Waals surface area contributed by atoms with Crippen molar-refractivity contribution in [3.8, 4) is 0 Å². The van der Waals surface area contributed by atoms with Crippen molar-refractivity contribution < 1.29 is 9.60 Å². The van der Waals surface area contributed by atoms with E-state index in [0.29, 0.717) is 17.7 Å². The van der Waals surface area contributed by atoms with Gasteiger partial charge in [0.1, 0.15) is 5.82 Å². The monoisotopic (exact) mass is 237 g/mol. The van der Waals surface area contributed by atoms with Crippen LogP contribution in [0, 0.1) is 5.82 Å². The molecule has 0 bridgehead atoms. The number of likely N-dealkylation sites (tertiary alicyclic amines) is 1. The molecule has 0 spiro atoms. The molecule has 17 heavy (non-hydrogen) atoms. The second kappa shape index (κ2) is 5.14. The van der Waals surface area contributed by atoms with Gasteiger partial charge < -0.3 is 10.9 Å². The van der Waals surface area contributed by atoms with E-state index in [2.05, 4.69) is 10.1 Å². The van der Waals surface area contributed by atoms with Crippen molar-refractivity contribution in [1.82, 2.24) is 4.90 Å². The Labute approximate surface area is 99.5 Å². The maximum atomic E-state index is 13.8. The Morgan fingerprint density at radius 1 is 1.41 bits per heavy atom. The molecule has 2 rings (SSSR count). The molecule has 3 N–H and O–H groups in total. The highest BCUT2D eigenvalue weighted by Crippen LogP contribution is 2.16. The van der Waals surface area contributed by atoms with Gasteiger partial charge in [0.05, 0.1) is 0 Å². The molecule has 1 aromatic rings. The Morgan fingerprint density at radius 2 is 2.12 bits per heavy atom. The zero-order valence-corrected chi connectivity index (χ0v) is 9.56. The van der Waals surface area contributed by atoms with E-state index in [1.165, 1.54) is 18.9 Å². The van der Waals surface area contributed by atoms with E-state index in [9.17, 15) is 4.39 Å². The lowest BCUT2D eigenvalue weighted by molar-refractivity contribution is 0.318. The van der Waals surface area contributed by atoms with Gasteiger partial charge in [0.25, 0.3) is 0 Å². The standard InChI is InChI=1S/C12H16FN3O/c13-11-7-9(12(14)15-17)3-4-10(11)8-16-5-1-2-6-16/h3-4,7,17H,1-2,5-6,8H2,(H2,14,15). The predicted octanol–water partition coefficient (Wildman–Crippen LogP) is 1.52. The summed E-state index contributed by atoms with van der Waals surface area (Å²) in [5, 5.41) is 11.4. The van der Waals surface area contributed by atoms with E-state index in [1.54, 1.807) is 12.1 Å². The number of hydrogen-bond acceptors (Lipinski definition) is 3. The van der Waals surface area contributed by atoms with Gasteiger partial charge in [-0.1, -0.05) is 17.3 Å². The third-order valence-corrected chi connectivity index (χ3v) is 3.05. The summed E-state index contributed by atoms with van der Waals surface area (Å²) in [4.78, 5) is 2.22. The molecule has 0 aliphatic carbocycles. The minimum absolute atomic E-state index is 0.0726. The first kappa shape index (κ1) is 11.9. The lowest BCUT2D eigenvalue weighted by atomic mass is 10.1. The van der Waals surface area contributed by atoms with Crippen LogP contribution < -0.4 is 5.73 Å². The number of nitrogens with two attached hydrogens (primary N) is 1. The Kier molecular flexibility index (Phi) is 3.58. The summed E-state index contributed by atoms with van der Waals surface area (Å²) in [6.07, 6.45) is 2.37. The van der Waals surface area contributed by atoms with Crippen LogP contribution in [0.1, 0.15) is 24.0 Å². The number of halogens is 1. The third kappa shape index (κ3) is 2.74. The van der Waals surface area contributed by atoms with Gasteiger partial charge >= 0.3 is 0 Å². The smallest absolute Gasteiger partial charge is 0.170 e. The Morgan fingerprint density at radius 3 is 2.71 bits per heavy atom. The van der Waals surface area contributed by atoms with E-state index >= 15 is 0 Å². The van der Waals surface area contributed by atoms with Crippen LogP contribution in [-0.4, -0.2) is 29.0 Å². The molecular weight excluding hydrogens is 221 g/mol. The van der Waals surface area contributed by atoms with Crippen LogP contribution in [0.2, 0.25) is 0 Å². The number of rotatable bonds is 3. The van der Waals surface area contributed by atoms with E-state index in [4.69, 9.17) is 10.9 Å². The Bertz CT molecular complexity index is 428. The molecule has 1 aliphatic heterocycles. The molecule has 1 aromatic carbocycles. The highest BCUT2D eigenvalue weighted by Gasteiger charge is 2.14. The van der Waals surface area contributed by atoms with Gasteiger partial charge in [-0.2, -0.15) is 0 Å². The van der Waals surface area contributed by atoms with E-state index in [0.717, 1.165) is 13.1 Å². The second-order valence-corrected chi connectivity index (χ2v) is 4.27. The zero-order chi connectivity index (χ0) is 12.3. The molecule has 0 unspecified atom stereocenters. The number of amidine groups is 1. The summed E-state index contributed by atoms with van der Waals surface area (Å²) >= 11 is 0. The van der Waals surface area contributed by atoms with Crippen molar-refractivity contribution >= 4 is 5.84 Å². The largest absolute Gasteiger partial charge is 0.409 e. The average Bonchev–Trinajstić information content (AvgIpc) is 2.83. The van der Waals surface area contributed by atoms with E-state index < -0.39 is 0 Å². The maximum Gasteiger partial charge on any atom is 0.170 e. The van der Waals surface area contributed by atoms with Gasteiger partial charge in [0.2, 0.25) is 0 Å². The van der Waals surface area contributed by atoms with Crippen LogP contribution in [0.25, 0.3) is 0 Å². The summed E-state index contributed by atoms with van der Waals surface area (Å²) in [7, 11) is 0. The van der Waals surface area contributed by atoms with Crippen molar-refractivity contribution in [3.63, 3.8) is 0 Å². The first-order valence-corrected chi connectivity index (χ1v) is 5.69. The highest BCUT2D eigenvalue weighted by molar-refractivity contribution is 5.97. The Hall–Kier alpha value is -1.62. The molecule has 92 valence electrons. The topological polar surface area (TPSA) is 61.9 Å². The van der Waals surface area contributed by atoms with Gasteiger partial charge in [-0.25, -0.2) is 4.39 Å². The predicted molar refractivity (Wildman–Crippen MR) is 63.4 cm³/mol. The zero-order valence-electron chi connectivity index (χ0n) is 9.56. The van der Waals surface area contributed by atoms with Crippen LogP contribution in [0.4, 0.5) is 4.39 Å². The summed E-state index contributed by atoms with van der Waals surface area (Å²) in [6, 6.07) is 4.67. The minimum Gasteiger partial charge on any atom is -0.409 e. The van der Waals surface area contributed by atoms with Crippen LogP contribution in [0.15, 0.2) is 23.4 Å².